The zero-order valence-electron chi connectivity index (χ0n) is 29.1. The van der Waals surface area contributed by atoms with Crippen molar-refractivity contribution in [2.75, 3.05) is 31.1 Å². The number of aromatic amines is 1. The number of fused-ring (bicyclic) bond motifs is 1. The number of nitrogens with one attached hydrogen (secondary N) is 3. The Labute approximate surface area is 285 Å². The highest BCUT2D eigenvalue weighted by Crippen LogP contribution is 2.39. The van der Waals surface area contributed by atoms with Crippen molar-refractivity contribution in [1.29, 1.82) is 0 Å². The lowest BCUT2D eigenvalue weighted by atomic mass is 10.0. The van der Waals surface area contributed by atoms with Crippen molar-refractivity contribution < 1.29 is 43.0 Å². The Balaban J connectivity index is 1.96. The van der Waals surface area contributed by atoms with Gasteiger partial charge in [0.25, 0.3) is 17.7 Å². The second kappa shape index (κ2) is 16.5. The van der Waals surface area contributed by atoms with E-state index in [9.17, 15) is 33.2 Å². The van der Waals surface area contributed by atoms with Gasteiger partial charge in [0.15, 0.2) is 0 Å². The largest absolute Gasteiger partial charge is 0.481 e. The fourth-order valence-corrected chi connectivity index (χ4v) is 5.54. The van der Waals surface area contributed by atoms with Crippen LogP contribution < -0.4 is 15.5 Å². The van der Waals surface area contributed by atoms with Crippen molar-refractivity contribution in [3.63, 3.8) is 0 Å². The van der Waals surface area contributed by atoms with Gasteiger partial charge in [-0.25, -0.2) is 9.29 Å². The van der Waals surface area contributed by atoms with Crippen LogP contribution in [0.15, 0.2) is 18.2 Å². The third kappa shape index (κ3) is 10.1. The molecular formula is C35H46FN5O8. The SMILES string of the molecule is CCN(CC)CCNC(=O)c1c(C)[nH]c(/C=C2\C(=O)N(C(=O)C(CCC(=O)OC(C)(C)C)NC(=O)CCC(=O)O)c3ccc(F)cc32)c1C. The van der Waals surface area contributed by atoms with Crippen LogP contribution in [-0.4, -0.2) is 88.4 Å². The number of amides is 4. The van der Waals surface area contributed by atoms with Crippen LogP contribution in [0.2, 0.25) is 0 Å². The number of carboxylic acids is 1. The first-order valence-corrected chi connectivity index (χ1v) is 16.3. The number of anilines is 1. The van der Waals surface area contributed by atoms with Gasteiger partial charge in [0.05, 0.1) is 23.2 Å². The standard InChI is InChI=1S/C35H46FN5O8/c1-8-40(9-2)17-16-37-32(46)31-20(3)26(38-21(31)4)19-24-23-18-22(36)10-12-27(23)41(33(24)47)34(48)25(39-28(42)13-14-29(43)44)11-15-30(45)49-35(5,6)7/h10,12,18-19,25,38H,8-9,11,13-17H2,1-7H3,(H,37,46)(H,39,42)(H,43,44)/b24-19-. The number of hydrogen-bond acceptors (Lipinski definition) is 8. The van der Waals surface area contributed by atoms with E-state index in [1.165, 1.54) is 12.1 Å². The highest BCUT2D eigenvalue weighted by Gasteiger charge is 2.40. The Kier molecular flexibility index (Phi) is 13.0. The van der Waals surface area contributed by atoms with E-state index in [1.807, 2.05) is 13.8 Å². The average molecular weight is 684 g/mol. The summed E-state index contributed by atoms with van der Waals surface area (Å²) in [5.74, 6) is -5.31. The summed E-state index contributed by atoms with van der Waals surface area (Å²) >= 11 is 0. The Bertz CT molecular complexity index is 1640. The van der Waals surface area contributed by atoms with E-state index in [1.54, 1.807) is 34.6 Å². The monoisotopic (exact) mass is 683 g/mol. The van der Waals surface area contributed by atoms with Crippen molar-refractivity contribution in [3.05, 3.63) is 52.1 Å². The number of H-pyrrole nitrogens is 1. The smallest absolute Gasteiger partial charge is 0.306 e. The van der Waals surface area contributed by atoms with E-state index < -0.39 is 60.0 Å². The molecule has 0 saturated carbocycles. The quantitative estimate of drug-likeness (QED) is 0.161. The fourth-order valence-electron chi connectivity index (χ4n) is 5.54. The molecule has 0 bridgehead atoms. The maximum Gasteiger partial charge on any atom is 0.306 e. The summed E-state index contributed by atoms with van der Waals surface area (Å²) in [6, 6.07) is 2.04. The van der Waals surface area contributed by atoms with Crippen LogP contribution in [0.5, 0.6) is 0 Å². The van der Waals surface area contributed by atoms with Crippen molar-refractivity contribution in [3.8, 4) is 0 Å². The van der Waals surface area contributed by atoms with Gasteiger partial charge in [0.1, 0.15) is 17.5 Å². The lowest BCUT2D eigenvalue weighted by Gasteiger charge is -2.24. The van der Waals surface area contributed by atoms with Crippen LogP contribution in [0.4, 0.5) is 10.1 Å². The summed E-state index contributed by atoms with van der Waals surface area (Å²) < 4.78 is 19.9. The Morgan fingerprint density at radius 2 is 1.76 bits per heavy atom. The molecule has 0 spiro atoms. The molecule has 266 valence electrons. The van der Waals surface area contributed by atoms with Gasteiger partial charge in [-0.05, 0) is 84.0 Å². The zero-order valence-corrected chi connectivity index (χ0v) is 29.1. The van der Waals surface area contributed by atoms with Gasteiger partial charge in [-0.1, -0.05) is 13.8 Å². The molecule has 2 aromatic rings. The number of aromatic nitrogens is 1. The molecule has 14 heteroatoms. The summed E-state index contributed by atoms with van der Waals surface area (Å²) in [6.07, 6.45) is -0.0448. The normalized spacial score (nSPS) is 14.2. The van der Waals surface area contributed by atoms with E-state index >= 15 is 0 Å². The number of rotatable bonds is 15. The molecule has 0 fully saturated rings. The van der Waals surface area contributed by atoms with Crippen molar-refractivity contribution >= 4 is 52.9 Å². The summed E-state index contributed by atoms with van der Waals surface area (Å²) in [7, 11) is 0. The molecule has 4 N–H and O–H groups in total. The predicted molar refractivity (Wildman–Crippen MR) is 181 cm³/mol. The number of carboxylic acid groups (broad SMARTS) is 1. The molecule has 0 aliphatic carbocycles. The zero-order chi connectivity index (χ0) is 36.6. The molecule has 1 unspecified atom stereocenters. The lowest BCUT2D eigenvalue weighted by Crippen LogP contribution is -2.50. The molecule has 0 radical (unpaired) electrons. The number of imide groups is 1. The maximum atomic E-state index is 14.6. The summed E-state index contributed by atoms with van der Waals surface area (Å²) in [5, 5.41) is 14.4. The number of likely N-dealkylation sites (N-methyl/N-ethyl adjacent to an activating group) is 1. The number of esters is 1. The summed E-state index contributed by atoms with van der Waals surface area (Å²) in [6.45, 7) is 15.3. The van der Waals surface area contributed by atoms with Crippen LogP contribution in [0, 0.1) is 19.7 Å². The van der Waals surface area contributed by atoms with Gasteiger partial charge in [0.2, 0.25) is 5.91 Å². The topological polar surface area (TPSA) is 178 Å². The van der Waals surface area contributed by atoms with Crippen LogP contribution in [0.25, 0.3) is 11.6 Å². The molecule has 4 amide bonds. The number of aliphatic carboxylic acids is 1. The second-order valence-electron chi connectivity index (χ2n) is 12.8. The summed E-state index contributed by atoms with van der Waals surface area (Å²) in [5.41, 5.74) is 1.21. The molecule has 2 heterocycles. The number of aryl methyl sites for hydroxylation is 1. The Morgan fingerprint density at radius 1 is 1.08 bits per heavy atom. The molecule has 1 aromatic heterocycles. The molecule has 1 aromatic carbocycles. The van der Waals surface area contributed by atoms with Crippen LogP contribution in [0.3, 0.4) is 0 Å². The predicted octanol–water partition coefficient (Wildman–Crippen LogP) is 3.73. The number of halogens is 1. The van der Waals surface area contributed by atoms with Crippen LogP contribution in [0.1, 0.15) is 93.2 Å². The minimum absolute atomic E-state index is 0.0382. The number of carbonyl (C=O) groups is 6. The maximum absolute atomic E-state index is 14.6. The fraction of sp³-hybridized carbons (Fsp3) is 0.486. The first kappa shape index (κ1) is 38.6. The summed E-state index contributed by atoms with van der Waals surface area (Å²) in [4.78, 5) is 83.4. The number of hydrogen-bond donors (Lipinski definition) is 4. The highest BCUT2D eigenvalue weighted by molar-refractivity contribution is 6.42. The van der Waals surface area contributed by atoms with Crippen molar-refractivity contribution in [2.45, 2.75) is 85.8 Å². The van der Waals surface area contributed by atoms with Crippen LogP contribution in [-0.2, 0) is 28.7 Å². The van der Waals surface area contributed by atoms with Crippen molar-refractivity contribution in [1.82, 2.24) is 20.5 Å². The first-order chi connectivity index (χ1) is 23.0. The van der Waals surface area contributed by atoms with E-state index in [0.29, 0.717) is 35.6 Å². The molecule has 0 saturated heterocycles. The number of benzene rings is 1. The average Bonchev–Trinajstić information content (AvgIpc) is 3.45. The number of ether oxygens (including phenoxy) is 1. The molecule has 3 rings (SSSR count). The van der Waals surface area contributed by atoms with Gasteiger partial charge < -0.3 is 30.4 Å². The van der Waals surface area contributed by atoms with E-state index in [2.05, 4.69) is 20.5 Å². The Hall–Kier alpha value is -4.85. The molecule has 49 heavy (non-hydrogen) atoms. The van der Waals surface area contributed by atoms with Gasteiger partial charge >= 0.3 is 11.9 Å². The van der Waals surface area contributed by atoms with E-state index in [4.69, 9.17) is 9.84 Å². The minimum Gasteiger partial charge on any atom is -0.481 e. The van der Waals surface area contributed by atoms with Crippen LogP contribution >= 0.6 is 0 Å². The molecule has 13 nitrogen and oxygen atoms in total. The first-order valence-electron chi connectivity index (χ1n) is 16.3. The minimum atomic E-state index is -1.42. The third-order valence-electron chi connectivity index (χ3n) is 8.00. The van der Waals surface area contributed by atoms with E-state index in [0.717, 1.165) is 30.1 Å². The third-order valence-corrected chi connectivity index (χ3v) is 8.00. The molecule has 1 aliphatic rings. The van der Waals surface area contributed by atoms with Crippen molar-refractivity contribution in [2.24, 2.45) is 0 Å². The Morgan fingerprint density at radius 3 is 2.37 bits per heavy atom. The highest BCUT2D eigenvalue weighted by atomic mass is 19.1. The number of nitrogens with zero attached hydrogens (tertiary/aromatic N) is 2. The van der Waals surface area contributed by atoms with Gasteiger partial charge in [0, 0.05) is 42.9 Å². The molecule has 1 aliphatic heterocycles. The van der Waals surface area contributed by atoms with Gasteiger partial charge in [-0.3, -0.25) is 28.8 Å². The van der Waals surface area contributed by atoms with E-state index in [-0.39, 0.29) is 35.6 Å². The van der Waals surface area contributed by atoms with Gasteiger partial charge in [-0.2, -0.15) is 0 Å². The molecule has 1 atom stereocenters. The molecular weight excluding hydrogens is 637 g/mol. The second-order valence-corrected chi connectivity index (χ2v) is 12.8. The lowest BCUT2D eigenvalue weighted by molar-refractivity contribution is -0.155. The number of carbonyl (C=O) groups excluding carboxylic acids is 5. The van der Waals surface area contributed by atoms with Gasteiger partial charge in [-0.15, -0.1) is 0 Å².